The maximum absolute atomic E-state index is 13.0. The molecule has 34 heavy (non-hydrogen) atoms. The second-order valence-corrected chi connectivity index (χ2v) is 9.29. The Morgan fingerprint density at radius 3 is 2.32 bits per heavy atom. The highest BCUT2D eigenvalue weighted by Crippen LogP contribution is 2.23. The summed E-state index contributed by atoms with van der Waals surface area (Å²) in [4.78, 5) is 22.8. The predicted octanol–water partition coefficient (Wildman–Crippen LogP) is 3.40. The smallest absolute Gasteiger partial charge is 0.271 e. The largest absolute Gasteiger partial charge is 0.489 e. The predicted molar refractivity (Wildman–Crippen MR) is 124 cm³/mol. The Morgan fingerprint density at radius 2 is 1.71 bits per heavy atom. The van der Waals surface area contributed by atoms with Gasteiger partial charge < -0.3 is 10.1 Å². The van der Waals surface area contributed by atoms with Crippen LogP contribution in [0.1, 0.15) is 11.1 Å². The standard InChI is InChI=1S/C23H22FN3O6S/c1-34(31,32)26(20-3-2-4-21(13-20)27(29)30)15-23(28)25-14-17-7-11-22(12-8-17)33-16-18-5-9-19(24)10-6-18/h2-13H,14-16H2,1H3,(H,25,28). The van der Waals surface area contributed by atoms with Gasteiger partial charge in [0.05, 0.1) is 16.9 Å². The summed E-state index contributed by atoms with van der Waals surface area (Å²) in [6.07, 6.45) is 0.920. The maximum atomic E-state index is 13.0. The number of nitro groups is 1. The van der Waals surface area contributed by atoms with Crippen molar-refractivity contribution in [3.05, 3.63) is 99.9 Å². The second-order valence-electron chi connectivity index (χ2n) is 7.38. The zero-order chi connectivity index (χ0) is 24.7. The number of ether oxygens (including phenoxy) is 1. The van der Waals surface area contributed by atoms with E-state index in [1.165, 1.54) is 30.3 Å². The Balaban J connectivity index is 1.57. The Kier molecular flexibility index (Phi) is 7.79. The van der Waals surface area contributed by atoms with Crippen molar-refractivity contribution in [2.45, 2.75) is 13.2 Å². The summed E-state index contributed by atoms with van der Waals surface area (Å²) >= 11 is 0. The van der Waals surface area contributed by atoms with Gasteiger partial charge >= 0.3 is 0 Å². The van der Waals surface area contributed by atoms with Crippen LogP contribution in [0.5, 0.6) is 5.75 Å². The van der Waals surface area contributed by atoms with Gasteiger partial charge in [0, 0.05) is 18.7 Å². The first kappa shape index (κ1) is 24.6. The minimum Gasteiger partial charge on any atom is -0.489 e. The topological polar surface area (TPSA) is 119 Å². The molecule has 0 aliphatic carbocycles. The van der Waals surface area contributed by atoms with Crippen molar-refractivity contribution >= 4 is 27.3 Å². The summed E-state index contributed by atoms with van der Waals surface area (Å²) in [6.45, 7) is -0.113. The first-order valence-corrected chi connectivity index (χ1v) is 11.9. The zero-order valence-electron chi connectivity index (χ0n) is 18.2. The Bertz CT molecular complexity index is 1260. The summed E-state index contributed by atoms with van der Waals surface area (Å²) in [5, 5.41) is 13.6. The van der Waals surface area contributed by atoms with Crippen molar-refractivity contribution in [1.82, 2.24) is 5.32 Å². The third-order valence-corrected chi connectivity index (χ3v) is 5.89. The fourth-order valence-corrected chi connectivity index (χ4v) is 3.85. The number of halogens is 1. The average Bonchev–Trinajstić information content (AvgIpc) is 2.81. The van der Waals surface area contributed by atoms with E-state index in [0.29, 0.717) is 5.75 Å². The molecule has 0 atom stereocenters. The minimum absolute atomic E-state index is 0.0227. The number of rotatable bonds is 10. The molecule has 3 rings (SSSR count). The molecule has 3 aromatic carbocycles. The van der Waals surface area contributed by atoms with Crippen LogP contribution in [-0.4, -0.2) is 32.0 Å². The van der Waals surface area contributed by atoms with E-state index in [0.717, 1.165) is 27.8 Å². The molecule has 0 saturated carbocycles. The summed E-state index contributed by atoms with van der Waals surface area (Å²) in [7, 11) is -3.86. The lowest BCUT2D eigenvalue weighted by atomic mass is 10.2. The normalized spacial score (nSPS) is 11.0. The van der Waals surface area contributed by atoms with Gasteiger partial charge in [-0.1, -0.05) is 30.3 Å². The SMILES string of the molecule is CS(=O)(=O)N(CC(=O)NCc1ccc(OCc2ccc(F)cc2)cc1)c1cccc([N+](=O)[O-])c1. The molecule has 178 valence electrons. The van der Waals surface area contributed by atoms with Crippen molar-refractivity contribution < 1.29 is 27.3 Å². The molecule has 0 fully saturated rings. The van der Waals surface area contributed by atoms with Gasteiger partial charge in [-0.3, -0.25) is 19.2 Å². The Hall–Kier alpha value is -3.99. The maximum Gasteiger partial charge on any atom is 0.271 e. The molecule has 1 amide bonds. The highest BCUT2D eigenvalue weighted by molar-refractivity contribution is 7.92. The van der Waals surface area contributed by atoms with Crippen LogP contribution in [0.4, 0.5) is 15.8 Å². The number of carbonyl (C=O) groups is 1. The highest BCUT2D eigenvalue weighted by atomic mass is 32.2. The van der Waals surface area contributed by atoms with E-state index in [9.17, 15) is 27.7 Å². The molecule has 0 aliphatic heterocycles. The van der Waals surface area contributed by atoms with Gasteiger partial charge in [0.15, 0.2) is 0 Å². The van der Waals surface area contributed by atoms with Crippen LogP contribution in [0.15, 0.2) is 72.8 Å². The molecule has 9 nitrogen and oxygen atoms in total. The van der Waals surface area contributed by atoms with Crippen LogP contribution in [0.25, 0.3) is 0 Å². The minimum atomic E-state index is -3.86. The summed E-state index contributed by atoms with van der Waals surface area (Å²) < 4.78 is 43.8. The lowest BCUT2D eigenvalue weighted by molar-refractivity contribution is -0.384. The van der Waals surface area contributed by atoms with E-state index in [1.54, 1.807) is 36.4 Å². The van der Waals surface area contributed by atoms with Gasteiger partial charge in [-0.25, -0.2) is 12.8 Å². The number of nitrogens with zero attached hydrogens (tertiary/aromatic N) is 2. The van der Waals surface area contributed by atoms with Crippen molar-refractivity contribution in [1.29, 1.82) is 0 Å². The number of non-ortho nitro benzene ring substituents is 1. The summed E-state index contributed by atoms with van der Waals surface area (Å²) in [6, 6.07) is 18.0. The van der Waals surface area contributed by atoms with E-state index in [4.69, 9.17) is 4.74 Å². The number of nitrogens with one attached hydrogen (secondary N) is 1. The molecular weight excluding hydrogens is 465 g/mol. The molecule has 0 bridgehead atoms. The van der Waals surface area contributed by atoms with E-state index < -0.39 is 27.4 Å². The van der Waals surface area contributed by atoms with E-state index in [2.05, 4.69) is 5.32 Å². The van der Waals surface area contributed by atoms with Crippen molar-refractivity contribution in [2.75, 3.05) is 17.1 Å². The van der Waals surface area contributed by atoms with Gasteiger partial charge in [0.2, 0.25) is 15.9 Å². The molecular formula is C23H22FN3O6S. The number of carbonyl (C=O) groups excluding carboxylic acids is 1. The Labute approximate surface area is 196 Å². The fourth-order valence-electron chi connectivity index (χ4n) is 3.00. The van der Waals surface area contributed by atoms with E-state index >= 15 is 0 Å². The average molecular weight is 488 g/mol. The third-order valence-electron chi connectivity index (χ3n) is 4.75. The monoisotopic (exact) mass is 487 g/mol. The number of anilines is 1. The van der Waals surface area contributed by atoms with Crippen molar-refractivity contribution in [3.63, 3.8) is 0 Å². The molecule has 0 radical (unpaired) electrons. The molecule has 1 N–H and O–H groups in total. The van der Waals surface area contributed by atoms with Crippen LogP contribution in [-0.2, 0) is 28.0 Å². The number of sulfonamides is 1. The van der Waals surface area contributed by atoms with Crippen LogP contribution < -0.4 is 14.4 Å². The van der Waals surface area contributed by atoms with Gasteiger partial charge in [0.1, 0.15) is 24.7 Å². The second kappa shape index (κ2) is 10.8. The molecule has 11 heteroatoms. The first-order valence-electron chi connectivity index (χ1n) is 10.1. The van der Waals surface area contributed by atoms with Crippen LogP contribution in [0, 0.1) is 15.9 Å². The lowest BCUT2D eigenvalue weighted by Crippen LogP contribution is -2.40. The Morgan fingerprint density at radius 1 is 1.06 bits per heavy atom. The molecule has 0 heterocycles. The molecule has 0 aromatic heterocycles. The van der Waals surface area contributed by atoms with Gasteiger partial charge in [-0.2, -0.15) is 0 Å². The van der Waals surface area contributed by atoms with Crippen LogP contribution in [0.3, 0.4) is 0 Å². The van der Waals surface area contributed by atoms with E-state index in [-0.39, 0.29) is 30.3 Å². The van der Waals surface area contributed by atoms with Crippen molar-refractivity contribution in [2.24, 2.45) is 0 Å². The number of hydrogen-bond donors (Lipinski definition) is 1. The van der Waals surface area contributed by atoms with E-state index in [1.807, 2.05) is 0 Å². The van der Waals surface area contributed by atoms with Gasteiger partial charge in [-0.05, 0) is 41.5 Å². The quantitative estimate of drug-likeness (QED) is 0.346. The van der Waals surface area contributed by atoms with Gasteiger partial charge in [0.25, 0.3) is 5.69 Å². The fraction of sp³-hybridized carbons (Fsp3) is 0.174. The third kappa shape index (κ3) is 7.01. The molecule has 3 aromatic rings. The lowest BCUT2D eigenvalue weighted by Gasteiger charge is -2.21. The summed E-state index contributed by atoms with van der Waals surface area (Å²) in [5.74, 6) is -0.304. The number of benzene rings is 3. The molecule has 0 spiro atoms. The van der Waals surface area contributed by atoms with Crippen LogP contribution >= 0.6 is 0 Å². The molecule has 0 aliphatic rings. The first-order chi connectivity index (χ1) is 16.1. The molecule has 0 unspecified atom stereocenters. The summed E-state index contributed by atoms with van der Waals surface area (Å²) in [5.41, 5.74) is 1.31. The zero-order valence-corrected chi connectivity index (χ0v) is 19.0. The number of hydrogen-bond acceptors (Lipinski definition) is 6. The molecule has 0 saturated heterocycles. The van der Waals surface area contributed by atoms with Crippen LogP contribution in [0.2, 0.25) is 0 Å². The van der Waals surface area contributed by atoms with Gasteiger partial charge in [-0.15, -0.1) is 0 Å². The number of nitro benzene ring substituents is 1. The number of amides is 1. The highest BCUT2D eigenvalue weighted by Gasteiger charge is 2.22. The van der Waals surface area contributed by atoms with Crippen molar-refractivity contribution in [3.8, 4) is 5.75 Å².